The minimum atomic E-state index is 0.352. The zero-order valence-corrected chi connectivity index (χ0v) is 11.3. The number of rotatable bonds is 2. The van der Waals surface area contributed by atoms with E-state index in [4.69, 9.17) is 5.73 Å². The Labute approximate surface area is 113 Å². The number of H-pyrrole nitrogens is 1. The molecular weight excluding hydrogens is 236 g/mol. The molecule has 3 rings (SSSR count). The standard InChI is InChI=1S/C15H20N4/c1-11-4-2-3-5-13(11)15-14(10-17-18-15)19-8-6-12(16)7-9-19/h2-5,10,12H,6-9,16H2,1H3,(H,17,18). The summed E-state index contributed by atoms with van der Waals surface area (Å²) < 4.78 is 0. The van der Waals surface area contributed by atoms with Crippen LogP contribution in [0.2, 0.25) is 0 Å². The second-order valence-electron chi connectivity index (χ2n) is 5.27. The van der Waals surface area contributed by atoms with Gasteiger partial charge in [0.2, 0.25) is 0 Å². The molecule has 0 atom stereocenters. The SMILES string of the molecule is Cc1ccccc1-c1[nH]ncc1N1CCC(N)CC1. The van der Waals surface area contributed by atoms with Gasteiger partial charge < -0.3 is 10.6 Å². The number of anilines is 1. The number of hydrogen-bond donors (Lipinski definition) is 2. The molecule has 0 aliphatic carbocycles. The Balaban J connectivity index is 1.93. The molecule has 0 saturated carbocycles. The summed E-state index contributed by atoms with van der Waals surface area (Å²) in [5.74, 6) is 0. The van der Waals surface area contributed by atoms with Crippen LogP contribution in [0.15, 0.2) is 30.5 Å². The molecule has 0 amide bonds. The Bertz CT molecular complexity index is 553. The average Bonchev–Trinajstić information content (AvgIpc) is 2.89. The lowest BCUT2D eigenvalue weighted by Crippen LogP contribution is -2.39. The van der Waals surface area contributed by atoms with E-state index in [-0.39, 0.29) is 0 Å². The molecule has 1 aromatic carbocycles. The van der Waals surface area contributed by atoms with Gasteiger partial charge in [0.25, 0.3) is 0 Å². The van der Waals surface area contributed by atoms with E-state index in [9.17, 15) is 0 Å². The molecule has 19 heavy (non-hydrogen) atoms. The number of nitrogens with one attached hydrogen (secondary N) is 1. The third kappa shape index (κ3) is 2.36. The van der Waals surface area contributed by atoms with E-state index in [2.05, 4.69) is 46.3 Å². The summed E-state index contributed by atoms with van der Waals surface area (Å²) >= 11 is 0. The van der Waals surface area contributed by atoms with Crippen molar-refractivity contribution in [2.24, 2.45) is 5.73 Å². The van der Waals surface area contributed by atoms with Crippen molar-refractivity contribution < 1.29 is 0 Å². The highest BCUT2D eigenvalue weighted by Gasteiger charge is 2.20. The normalized spacial score (nSPS) is 16.8. The molecule has 2 heterocycles. The maximum Gasteiger partial charge on any atom is 0.0886 e. The van der Waals surface area contributed by atoms with Gasteiger partial charge in [-0.1, -0.05) is 24.3 Å². The molecule has 0 radical (unpaired) electrons. The summed E-state index contributed by atoms with van der Waals surface area (Å²) in [6.07, 6.45) is 4.04. The van der Waals surface area contributed by atoms with E-state index >= 15 is 0 Å². The molecule has 1 fully saturated rings. The van der Waals surface area contributed by atoms with Crippen LogP contribution in [0.3, 0.4) is 0 Å². The van der Waals surface area contributed by atoms with Crippen LogP contribution >= 0.6 is 0 Å². The van der Waals surface area contributed by atoms with E-state index in [0.29, 0.717) is 6.04 Å². The monoisotopic (exact) mass is 256 g/mol. The predicted octanol–water partition coefficient (Wildman–Crippen LogP) is 2.31. The van der Waals surface area contributed by atoms with Gasteiger partial charge in [-0.3, -0.25) is 5.10 Å². The van der Waals surface area contributed by atoms with E-state index in [1.807, 2.05) is 6.20 Å². The van der Waals surface area contributed by atoms with Crippen molar-refractivity contribution in [1.82, 2.24) is 10.2 Å². The van der Waals surface area contributed by atoms with Crippen molar-refractivity contribution in [2.75, 3.05) is 18.0 Å². The number of benzene rings is 1. The van der Waals surface area contributed by atoms with E-state index in [0.717, 1.165) is 31.6 Å². The first-order valence-corrected chi connectivity index (χ1v) is 6.85. The van der Waals surface area contributed by atoms with Crippen LogP contribution in [-0.2, 0) is 0 Å². The van der Waals surface area contributed by atoms with Crippen LogP contribution in [0.1, 0.15) is 18.4 Å². The van der Waals surface area contributed by atoms with Crippen molar-refractivity contribution >= 4 is 5.69 Å². The van der Waals surface area contributed by atoms with Crippen molar-refractivity contribution in [1.29, 1.82) is 0 Å². The third-order valence-electron chi connectivity index (χ3n) is 3.91. The predicted molar refractivity (Wildman–Crippen MR) is 78.2 cm³/mol. The fraction of sp³-hybridized carbons (Fsp3) is 0.400. The number of aryl methyl sites for hydroxylation is 1. The Kier molecular flexibility index (Phi) is 3.25. The molecule has 1 aromatic heterocycles. The molecular formula is C15H20N4. The lowest BCUT2D eigenvalue weighted by atomic mass is 10.0. The van der Waals surface area contributed by atoms with Crippen LogP contribution in [0.25, 0.3) is 11.3 Å². The first-order chi connectivity index (χ1) is 9.25. The Morgan fingerprint density at radius 3 is 2.74 bits per heavy atom. The number of nitrogens with two attached hydrogens (primary N) is 1. The average molecular weight is 256 g/mol. The summed E-state index contributed by atoms with van der Waals surface area (Å²) in [6.45, 7) is 4.16. The largest absolute Gasteiger partial charge is 0.368 e. The minimum Gasteiger partial charge on any atom is -0.368 e. The van der Waals surface area contributed by atoms with Crippen LogP contribution in [-0.4, -0.2) is 29.3 Å². The summed E-state index contributed by atoms with van der Waals surface area (Å²) in [5, 5.41) is 7.38. The van der Waals surface area contributed by atoms with Gasteiger partial charge in [0, 0.05) is 24.7 Å². The van der Waals surface area contributed by atoms with Gasteiger partial charge >= 0.3 is 0 Å². The number of nitrogens with zero attached hydrogens (tertiary/aromatic N) is 2. The van der Waals surface area contributed by atoms with Crippen LogP contribution in [0, 0.1) is 6.92 Å². The molecule has 1 aliphatic rings. The zero-order valence-electron chi connectivity index (χ0n) is 11.3. The maximum atomic E-state index is 5.97. The topological polar surface area (TPSA) is 57.9 Å². The van der Waals surface area contributed by atoms with Crippen LogP contribution < -0.4 is 10.6 Å². The fourth-order valence-corrected chi connectivity index (χ4v) is 2.71. The lowest BCUT2D eigenvalue weighted by molar-refractivity contribution is 0.501. The molecule has 100 valence electrons. The first kappa shape index (κ1) is 12.2. The van der Waals surface area contributed by atoms with Crippen molar-refractivity contribution in [2.45, 2.75) is 25.8 Å². The van der Waals surface area contributed by atoms with Gasteiger partial charge in [-0.05, 0) is 25.3 Å². The number of piperidine rings is 1. The highest BCUT2D eigenvalue weighted by Crippen LogP contribution is 2.31. The van der Waals surface area contributed by atoms with Gasteiger partial charge in [0.1, 0.15) is 0 Å². The minimum absolute atomic E-state index is 0.352. The second kappa shape index (κ2) is 5.05. The smallest absolute Gasteiger partial charge is 0.0886 e. The highest BCUT2D eigenvalue weighted by atomic mass is 15.2. The number of aromatic amines is 1. The molecule has 0 bridgehead atoms. The second-order valence-corrected chi connectivity index (χ2v) is 5.27. The summed E-state index contributed by atoms with van der Waals surface area (Å²) in [5.41, 5.74) is 10.8. The zero-order chi connectivity index (χ0) is 13.2. The molecule has 4 nitrogen and oxygen atoms in total. The van der Waals surface area contributed by atoms with Gasteiger partial charge in [0.15, 0.2) is 0 Å². The number of aromatic nitrogens is 2. The van der Waals surface area contributed by atoms with Crippen LogP contribution in [0.4, 0.5) is 5.69 Å². The molecule has 0 spiro atoms. The Morgan fingerprint density at radius 1 is 1.26 bits per heavy atom. The molecule has 3 N–H and O–H groups in total. The van der Waals surface area contributed by atoms with Gasteiger partial charge in [-0.25, -0.2) is 0 Å². The third-order valence-corrected chi connectivity index (χ3v) is 3.91. The summed E-state index contributed by atoms with van der Waals surface area (Å²) in [6, 6.07) is 8.76. The van der Waals surface area contributed by atoms with Crippen molar-refractivity contribution in [3.05, 3.63) is 36.0 Å². The maximum absolute atomic E-state index is 5.97. The quantitative estimate of drug-likeness (QED) is 0.867. The van der Waals surface area contributed by atoms with Crippen molar-refractivity contribution in [3.63, 3.8) is 0 Å². The van der Waals surface area contributed by atoms with Gasteiger partial charge in [0.05, 0.1) is 17.6 Å². The molecule has 1 saturated heterocycles. The summed E-state index contributed by atoms with van der Waals surface area (Å²) in [7, 11) is 0. The van der Waals surface area contributed by atoms with E-state index < -0.39 is 0 Å². The highest BCUT2D eigenvalue weighted by molar-refractivity contribution is 5.76. The molecule has 0 unspecified atom stereocenters. The molecule has 2 aromatic rings. The van der Waals surface area contributed by atoms with Gasteiger partial charge in [-0.15, -0.1) is 0 Å². The fourth-order valence-electron chi connectivity index (χ4n) is 2.71. The first-order valence-electron chi connectivity index (χ1n) is 6.85. The molecule has 1 aliphatic heterocycles. The summed E-state index contributed by atoms with van der Waals surface area (Å²) in [4.78, 5) is 2.38. The van der Waals surface area contributed by atoms with Crippen molar-refractivity contribution in [3.8, 4) is 11.3 Å². The Morgan fingerprint density at radius 2 is 2.00 bits per heavy atom. The van der Waals surface area contributed by atoms with E-state index in [1.165, 1.54) is 16.8 Å². The number of hydrogen-bond acceptors (Lipinski definition) is 3. The van der Waals surface area contributed by atoms with Gasteiger partial charge in [-0.2, -0.15) is 5.10 Å². The van der Waals surface area contributed by atoms with Crippen LogP contribution in [0.5, 0.6) is 0 Å². The Hall–Kier alpha value is -1.81. The van der Waals surface area contributed by atoms with E-state index in [1.54, 1.807) is 0 Å². The lowest BCUT2D eigenvalue weighted by Gasteiger charge is -2.31. The molecule has 4 heteroatoms.